The van der Waals surface area contributed by atoms with Crippen molar-refractivity contribution in [3.8, 4) is 0 Å². The number of carbonyl (C=O) groups is 2. The van der Waals surface area contributed by atoms with E-state index in [9.17, 15) is 14.0 Å². The molecule has 0 unspecified atom stereocenters. The Labute approximate surface area is 114 Å². The molecule has 102 valence electrons. The standard InChI is InChI=1S/C12H13ClFN3O2/c13-8-1-2-10(9(14)5-8)16-12(19)7-17-4-3-15-11(18)6-17/h1-2,5H,3-4,6-7H2,(H,15,18)(H,16,19). The van der Waals surface area contributed by atoms with Crippen LogP contribution in [0.4, 0.5) is 10.1 Å². The minimum absolute atomic E-state index is 0.0511. The van der Waals surface area contributed by atoms with Crippen LogP contribution in [0.25, 0.3) is 0 Å². The maximum atomic E-state index is 13.5. The Hall–Kier alpha value is -1.66. The van der Waals surface area contributed by atoms with Crippen molar-refractivity contribution in [1.29, 1.82) is 0 Å². The first kappa shape index (κ1) is 13.8. The average molecular weight is 286 g/mol. The third kappa shape index (κ3) is 3.90. The molecule has 1 fully saturated rings. The van der Waals surface area contributed by atoms with Crippen LogP contribution in [0.15, 0.2) is 18.2 Å². The highest BCUT2D eigenvalue weighted by atomic mass is 35.5. The summed E-state index contributed by atoms with van der Waals surface area (Å²) >= 11 is 5.62. The van der Waals surface area contributed by atoms with Gasteiger partial charge in [-0.15, -0.1) is 0 Å². The summed E-state index contributed by atoms with van der Waals surface area (Å²) in [4.78, 5) is 24.6. The third-order valence-electron chi connectivity index (χ3n) is 2.69. The predicted molar refractivity (Wildman–Crippen MR) is 69.5 cm³/mol. The summed E-state index contributed by atoms with van der Waals surface area (Å²) in [6.45, 7) is 1.34. The Morgan fingerprint density at radius 3 is 3.00 bits per heavy atom. The molecule has 0 saturated carbocycles. The smallest absolute Gasteiger partial charge is 0.238 e. The zero-order valence-electron chi connectivity index (χ0n) is 10.1. The molecule has 1 aliphatic heterocycles. The highest BCUT2D eigenvalue weighted by molar-refractivity contribution is 6.30. The number of hydrogen-bond donors (Lipinski definition) is 2. The molecular weight excluding hydrogens is 273 g/mol. The number of piperazine rings is 1. The van der Waals surface area contributed by atoms with Crippen molar-refractivity contribution in [3.63, 3.8) is 0 Å². The van der Waals surface area contributed by atoms with Gasteiger partial charge in [-0.2, -0.15) is 0 Å². The molecule has 2 amide bonds. The van der Waals surface area contributed by atoms with Gasteiger partial charge in [-0.05, 0) is 18.2 Å². The minimum atomic E-state index is -0.586. The predicted octanol–water partition coefficient (Wildman–Crippen LogP) is 0.849. The number of anilines is 1. The van der Waals surface area contributed by atoms with Crippen molar-refractivity contribution < 1.29 is 14.0 Å². The van der Waals surface area contributed by atoms with Gasteiger partial charge in [0.2, 0.25) is 11.8 Å². The molecule has 1 aromatic rings. The topological polar surface area (TPSA) is 61.4 Å². The molecule has 1 heterocycles. The fraction of sp³-hybridized carbons (Fsp3) is 0.333. The van der Waals surface area contributed by atoms with E-state index < -0.39 is 5.82 Å². The summed E-state index contributed by atoms with van der Waals surface area (Å²) in [5.74, 6) is -1.06. The largest absolute Gasteiger partial charge is 0.354 e. The number of nitrogens with one attached hydrogen (secondary N) is 2. The SMILES string of the molecule is O=C1CN(CC(=O)Nc2ccc(Cl)cc2F)CCN1. The van der Waals surface area contributed by atoms with Gasteiger partial charge in [0, 0.05) is 18.1 Å². The molecule has 0 spiro atoms. The Balaban J connectivity index is 1.92. The molecule has 19 heavy (non-hydrogen) atoms. The third-order valence-corrected chi connectivity index (χ3v) is 2.92. The number of hydrogen-bond acceptors (Lipinski definition) is 3. The lowest BCUT2D eigenvalue weighted by molar-refractivity contribution is -0.125. The van der Waals surface area contributed by atoms with Gasteiger partial charge in [-0.3, -0.25) is 14.5 Å². The van der Waals surface area contributed by atoms with Crippen molar-refractivity contribution in [2.45, 2.75) is 0 Å². The van der Waals surface area contributed by atoms with Crippen LogP contribution in [-0.4, -0.2) is 42.9 Å². The number of rotatable bonds is 3. The first-order chi connectivity index (χ1) is 9.04. The van der Waals surface area contributed by atoms with Crippen LogP contribution in [0.1, 0.15) is 0 Å². The molecule has 0 bridgehead atoms. The van der Waals surface area contributed by atoms with Crippen LogP contribution in [0.3, 0.4) is 0 Å². The molecule has 5 nitrogen and oxygen atoms in total. The van der Waals surface area contributed by atoms with Crippen LogP contribution in [0, 0.1) is 5.82 Å². The number of benzene rings is 1. The molecule has 1 aliphatic rings. The van der Waals surface area contributed by atoms with Crippen LogP contribution >= 0.6 is 11.6 Å². The van der Waals surface area contributed by atoms with Crippen molar-refractivity contribution in [1.82, 2.24) is 10.2 Å². The molecule has 7 heteroatoms. The number of nitrogens with zero attached hydrogens (tertiary/aromatic N) is 1. The first-order valence-electron chi connectivity index (χ1n) is 5.78. The molecule has 0 radical (unpaired) electrons. The Bertz CT molecular complexity index is 510. The average Bonchev–Trinajstić information content (AvgIpc) is 2.33. The van der Waals surface area contributed by atoms with E-state index in [1.165, 1.54) is 12.1 Å². The molecule has 1 saturated heterocycles. The number of amides is 2. The summed E-state index contributed by atoms with van der Waals surface area (Å²) in [6.07, 6.45) is 0. The Morgan fingerprint density at radius 1 is 1.53 bits per heavy atom. The highest BCUT2D eigenvalue weighted by Gasteiger charge is 2.19. The minimum Gasteiger partial charge on any atom is -0.354 e. The maximum Gasteiger partial charge on any atom is 0.238 e. The lowest BCUT2D eigenvalue weighted by Crippen LogP contribution is -2.49. The van der Waals surface area contributed by atoms with Gasteiger partial charge in [0.15, 0.2) is 0 Å². The lowest BCUT2D eigenvalue weighted by atomic mass is 10.3. The Morgan fingerprint density at radius 2 is 2.32 bits per heavy atom. The van der Waals surface area contributed by atoms with Crippen LogP contribution < -0.4 is 10.6 Å². The van der Waals surface area contributed by atoms with Crippen LogP contribution in [0.2, 0.25) is 5.02 Å². The first-order valence-corrected chi connectivity index (χ1v) is 6.16. The summed E-state index contributed by atoms with van der Waals surface area (Å²) in [6, 6.07) is 4.03. The summed E-state index contributed by atoms with van der Waals surface area (Å²) in [5.41, 5.74) is 0.0795. The molecule has 1 aromatic carbocycles. The fourth-order valence-corrected chi connectivity index (χ4v) is 1.97. The summed E-state index contributed by atoms with van der Waals surface area (Å²) < 4.78 is 13.5. The van der Waals surface area contributed by atoms with Gasteiger partial charge in [0.1, 0.15) is 5.82 Å². The van der Waals surface area contributed by atoms with E-state index in [0.717, 1.165) is 6.07 Å². The van der Waals surface area contributed by atoms with Gasteiger partial charge >= 0.3 is 0 Å². The van der Waals surface area contributed by atoms with Gasteiger partial charge in [0.25, 0.3) is 0 Å². The molecule has 0 aromatic heterocycles. The van der Waals surface area contributed by atoms with E-state index in [1.54, 1.807) is 4.90 Å². The van der Waals surface area contributed by atoms with E-state index in [0.29, 0.717) is 13.1 Å². The van der Waals surface area contributed by atoms with Crippen molar-refractivity contribution in [3.05, 3.63) is 29.0 Å². The van der Waals surface area contributed by atoms with E-state index in [-0.39, 0.29) is 35.6 Å². The fourth-order valence-electron chi connectivity index (χ4n) is 1.81. The summed E-state index contributed by atoms with van der Waals surface area (Å²) in [5, 5.41) is 5.38. The van der Waals surface area contributed by atoms with Crippen LogP contribution in [0.5, 0.6) is 0 Å². The molecule has 0 atom stereocenters. The van der Waals surface area contributed by atoms with Crippen molar-refractivity contribution in [2.75, 3.05) is 31.5 Å². The van der Waals surface area contributed by atoms with Crippen LogP contribution in [-0.2, 0) is 9.59 Å². The molecular formula is C12H13ClFN3O2. The molecule has 2 N–H and O–H groups in total. The van der Waals surface area contributed by atoms with Crippen molar-refractivity contribution in [2.24, 2.45) is 0 Å². The van der Waals surface area contributed by atoms with E-state index in [4.69, 9.17) is 11.6 Å². The lowest BCUT2D eigenvalue weighted by Gasteiger charge is -2.25. The zero-order valence-corrected chi connectivity index (χ0v) is 10.8. The Kier molecular flexibility index (Phi) is 4.34. The number of carbonyl (C=O) groups excluding carboxylic acids is 2. The van der Waals surface area contributed by atoms with E-state index >= 15 is 0 Å². The quantitative estimate of drug-likeness (QED) is 0.865. The van der Waals surface area contributed by atoms with Gasteiger partial charge in [0.05, 0.1) is 18.8 Å². The summed E-state index contributed by atoms with van der Waals surface area (Å²) in [7, 11) is 0. The van der Waals surface area contributed by atoms with Gasteiger partial charge in [-0.25, -0.2) is 4.39 Å². The monoisotopic (exact) mass is 285 g/mol. The zero-order chi connectivity index (χ0) is 13.8. The highest BCUT2D eigenvalue weighted by Crippen LogP contribution is 2.18. The normalized spacial score (nSPS) is 16.0. The second-order valence-corrected chi connectivity index (χ2v) is 4.67. The molecule has 2 rings (SSSR count). The van der Waals surface area contributed by atoms with Gasteiger partial charge < -0.3 is 10.6 Å². The van der Waals surface area contributed by atoms with E-state index in [2.05, 4.69) is 10.6 Å². The van der Waals surface area contributed by atoms with E-state index in [1.807, 2.05) is 0 Å². The molecule has 0 aliphatic carbocycles. The maximum absolute atomic E-state index is 13.5. The number of halogens is 2. The van der Waals surface area contributed by atoms with Crippen molar-refractivity contribution >= 4 is 29.1 Å². The van der Waals surface area contributed by atoms with Gasteiger partial charge in [-0.1, -0.05) is 11.6 Å². The second kappa shape index (κ2) is 5.99. The second-order valence-electron chi connectivity index (χ2n) is 4.23.